The maximum atomic E-state index is 12.4. The second-order valence-electron chi connectivity index (χ2n) is 6.25. The molecule has 0 bridgehead atoms. The molecule has 0 heterocycles. The summed E-state index contributed by atoms with van der Waals surface area (Å²) in [4.78, 5) is 24.5. The monoisotopic (exact) mass is 339 g/mol. The van der Waals surface area contributed by atoms with Crippen LogP contribution in [-0.2, 0) is 16.0 Å². The van der Waals surface area contributed by atoms with Gasteiger partial charge in [-0.15, -0.1) is 0 Å². The molecule has 0 aliphatic heterocycles. The Labute approximate surface area is 146 Å². The molecule has 0 aromatic heterocycles. The summed E-state index contributed by atoms with van der Waals surface area (Å²) in [6.45, 7) is 1.56. The van der Waals surface area contributed by atoms with Crippen LogP contribution in [0.2, 0.25) is 0 Å². The second-order valence-corrected chi connectivity index (χ2v) is 6.25. The van der Waals surface area contributed by atoms with Gasteiger partial charge in [0.1, 0.15) is 5.75 Å². The first-order chi connectivity index (χ1) is 12.0. The highest BCUT2D eigenvalue weighted by Crippen LogP contribution is 2.29. The third kappa shape index (κ3) is 3.99. The molecule has 0 saturated carbocycles. The molecule has 5 nitrogen and oxygen atoms in total. The quantitative estimate of drug-likeness (QED) is 0.839. The van der Waals surface area contributed by atoms with E-state index in [0.717, 1.165) is 24.8 Å². The van der Waals surface area contributed by atoms with Crippen molar-refractivity contribution >= 4 is 11.9 Å². The number of phenolic OH excluding ortho intramolecular Hbond substituents is 1. The Morgan fingerprint density at radius 1 is 1.16 bits per heavy atom. The average molecular weight is 339 g/mol. The summed E-state index contributed by atoms with van der Waals surface area (Å²) >= 11 is 0. The van der Waals surface area contributed by atoms with Crippen LogP contribution in [0.5, 0.6) is 5.75 Å². The zero-order valence-corrected chi connectivity index (χ0v) is 14.1. The van der Waals surface area contributed by atoms with Gasteiger partial charge in [-0.2, -0.15) is 0 Å². The lowest BCUT2D eigenvalue weighted by Gasteiger charge is -2.27. The van der Waals surface area contributed by atoms with Crippen LogP contribution in [-0.4, -0.2) is 23.1 Å². The minimum absolute atomic E-state index is 0.0488. The molecule has 1 aliphatic carbocycles. The fourth-order valence-electron chi connectivity index (χ4n) is 3.07. The number of hydrogen-bond acceptors (Lipinski definition) is 4. The molecule has 3 rings (SSSR count). The van der Waals surface area contributed by atoms with Gasteiger partial charge in [0.25, 0.3) is 5.91 Å². The fraction of sp³-hybridized carbons (Fsp3) is 0.300. The summed E-state index contributed by atoms with van der Waals surface area (Å²) in [6.07, 6.45) is 2.02. The molecule has 0 radical (unpaired) electrons. The largest absolute Gasteiger partial charge is 0.508 e. The lowest BCUT2D eigenvalue weighted by Crippen LogP contribution is -2.39. The van der Waals surface area contributed by atoms with Crippen molar-refractivity contribution in [2.75, 3.05) is 0 Å². The van der Waals surface area contributed by atoms with Gasteiger partial charge in [0.05, 0.1) is 11.6 Å². The van der Waals surface area contributed by atoms with Gasteiger partial charge in [0.15, 0.2) is 6.10 Å². The number of phenols is 1. The van der Waals surface area contributed by atoms with Crippen LogP contribution in [0, 0.1) is 0 Å². The number of amides is 1. The third-order valence-electron chi connectivity index (χ3n) is 4.44. The zero-order chi connectivity index (χ0) is 17.8. The van der Waals surface area contributed by atoms with Crippen LogP contribution in [0.3, 0.4) is 0 Å². The first-order valence-corrected chi connectivity index (χ1v) is 8.43. The predicted molar refractivity (Wildman–Crippen MR) is 93.2 cm³/mol. The van der Waals surface area contributed by atoms with Crippen molar-refractivity contribution in [1.82, 2.24) is 5.32 Å². The maximum absolute atomic E-state index is 12.4. The number of ether oxygens (including phenoxy) is 1. The Morgan fingerprint density at radius 3 is 2.64 bits per heavy atom. The van der Waals surface area contributed by atoms with Crippen LogP contribution in [0.1, 0.15) is 47.3 Å². The summed E-state index contributed by atoms with van der Waals surface area (Å²) < 4.78 is 5.23. The molecule has 5 heteroatoms. The van der Waals surface area contributed by atoms with Gasteiger partial charge in [0.2, 0.25) is 0 Å². The number of rotatable bonds is 4. The highest BCUT2D eigenvalue weighted by molar-refractivity contribution is 5.92. The van der Waals surface area contributed by atoms with Gasteiger partial charge in [-0.1, -0.05) is 24.3 Å². The molecule has 1 aliphatic rings. The number of carbonyl (C=O) groups is 2. The summed E-state index contributed by atoms with van der Waals surface area (Å²) in [5.74, 6) is -0.834. The maximum Gasteiger partial charge on any atom is 0.338 e. The van der Waals surface area contributed by atoms with Crippen LogP contribution in [0.25, 0.3) is 0 Å². The molecule has 0 saturated heterocycles. The van der Waals surface area contributed by atoms with Crippen LogP contribution in [0.4, 0.5) is 0 Å². The molecule has 2 aromatic carbocycles. The molecular weight excluding hydrogens is 318 g/mol. The molecule has 130 valence electrons. The predicted octanol–water partition coefficient (Wildman–Crippen LogP) is 3.13. The Bertz CT molecular complexity index is 770. The minimum Gasteiger partial charge on any atom is -0.508 e. The van der Waals surface area contributed by atoms with E-state index >= 15 is 0 Å². The minimum atomic E-state index is -0.893. The zero-order valence-electron chi connectivity index (χ0n) is 14.1. The number of carbonyl (C=O) groups excluding carboxylic acids is 2. The van der Waals surface area contributed by atoms with Crippen molar-refractivity contribution in [1.29, 1.82) is 0 Å². The summed E-state index contributed by atoms with van der Waals surface area (Å²) in [5, 5.41) is 12.2. The van der Waals surface area contributed by atoms with Crippen LogP contribution < -0.4 is 5.32 Å². The fourth-order valence-corrected chi connectivity index (χ4v) is 3.07. The van der Waals surface area contributed by atoms with E-state index in [1.54, 1.807) is 6.92 Å². The summed E-state index contributed by atoms with van der Waals surface area (Å²) in [5.41, 5.74) is 2.69. The topological polar surface area (TPSA) is 75.6 Å². The highest BCUT2D eigenvalue weighted by Gasteiger charge is 2.25. The van der Waals surface area contributed by atoms with E-state index in [1.807, 2.05) is 18.2 Å². The Kier molecular flexibility index (Phi) is 5.03. The van der Waals surface area contributed by atoms with E-state index < -0.39 is 12.1 Å². The van der Waals surface area contributed by atoms with Crippen molar-refractivity contribution < 1.29 is 19.4 Å². The van der Waals surface area contributed by atoms with E-state index in [9.17, 15) is 14.7 Å². The summed E-state index contributed by atoms with van der Waals surface area (Å²) in [7, 11) is 0. The molecule has 0 fully saturated rings. The van der Waals surface area contributed by atoms with Crippen molar-refractivity contribution in [3.8, 4) is 5.75 Å². The van der Waals surface area contributed by atoms with E-state index in [-0.39, 0.29) is 17.7 Å². The van der Waals surface area contributed by atoms with E-state index in [4.69, 9.17) is 4.74 Å². The van der Waals surface area contributed by atoms with Crippen molar-refractivity contribution in [3.05, 3.63) is 65.2 Å². The van der Waals surface area contributed by atoms with Gasteiger partial charge in [-0.25, -0.2) is 4.79 Å². The molecule has 2 unspecified atom stereocenters. The van der Waals surface area contributed by atoms with Crippen LogP contribution >= 0.6 is 0 Å². The van der Waals surface area contributed by atoms with Gasteiger partial charge >= 0.3 is 5.97 Å². The summed E-state index contributed by atoms with van der Waals surface area (Å²) in [6, 6.07) is 13.8. The number of benzene rings is 2. The van der Waals surface area contributed by atoms with Gasteiger partial charge < -0.3 is 15.2 Å². The third-order valence-corrected chi connectivity index (χ3v) is 4.44. The standard InChI is InChI=1S/C20H21NO4/c1-13(25-20(24)15-9-11-16(22)12-10-15)19(23)21-18-8-4-6-14-5-2-3-7-17(14)18/h2-3,5,7,9-13,18,22H,4,6,8H2,1H3,(H,21,23). The number of aryl methyl sites for hydroxylation is 1. The highest BCUT2D eigenvalue weighted by atomic mass is 16.5. The molecule has 2 N–H and O–H groups in total. The first-order valence-electron chi connectivity index (χ1n) is 8.43. The van der Waals surface area contributed by atoms with Gasteiger partial charge in [-0.3, -0.25) is 4.79 Å². The van der Waals surface area contributed by atoms with Crippen molar-refractivity contribution in [3.63, 3.8) is 0 Å². The van der Waals surface area contributed by atoms with E-state index in [0.29, 0.717) is 5.56 Å². The molecular formula is C20H21NO4. The molecule has 2 aromatic rings. The van der Waals surface area contributed by atoms with Gasteiger partial charge in [0, 0.05) is 0 Å². The number of aromatic hydroxyl groups is 1. The lowest BCUT2D eigenvalue weighted by atomic mass is 9.87. The Hall–Kier alpha value is -2.82. The Balaban J connectivity index is 1.62. The molecule has 0 spiro atoms. The van der Waals surface area contributed by atoms with Gasteiger partial charge in [-0.05, 0) is 61.6 Å². The lowest BCUT2D eigenvalue weighted by molar-refractivity contribution is -0.130. The first kappa shape index (κ1) is 17.0. The number of fused-ring (bicyclic) bond motifs is 1. The molecule has 1 amide bonds. The smallest absolute Gasteiger partial charge is 0.338 e. The van der Waals surface area contributed by atoms with E-state index in [2.05, 4.69) is 11.4 Å². The van der Waals surface area contributed by atoms with Crippen LogP contribution in [0.15, 0.2) is 48.5 Å². The van der Waals surface area contributed by atoms with Crippen molar-refractivity contribution in [2.24, 2.45) is 0 Å². The number of hydrogen-bond donors (Lipinski definition) is 2. The SMILES string of the molecule is CC(OC(=O)c1ccc(O)cc1)C(=O)NC1CCCc2ccccc21. The number of nitrogens with one attached hydrogen (secondary N) is 1. The average Bonchev–Trinajstić information content (AvgIpc) is 2.62. The molecule has 25 heavy (non-hydrogen) atoms. The molecule has 2 atom stereocenters. The second kappa shape index (κ2) is 7.38. The Morgan fingerprint density at radius 2 is 1.88 bits per heavy atom. The number of esters is 1. The normalized spacial score (nSPS) is 17.2. The van der Waals surface area contributed by atoms with E-state index in [1.165, 1.54) is 29.8 Å². The van der Waals surface area contributed by atoms with Crippen molar-refractivity contribution in [2.45, 2.75) is 38.3 Å².